The first-order valence-electron chi connectivity index (χ1n) is 11.1. The van der Waals surface area contributed by atoms with Crippen LogP contribution in [0.3, 0.4) is 0 Å². The van der Waals surface area contributed by atoms with Gasteiger partial charge < -0.3 is 9.80 Å². The predicted octanol–water partition coefficient (Wildman–Crippen LogP) is 5.68. The first-order chi connectivity index (χ1) is 15.8. The van der Waals surface area contributed by atoms with Gasteiger partial charge in [-0.05, 0) is 63.1 Å². The number of hydrogen-bond acceptors (Lipinski definition) is 5. The fourth-order valence-electron chi connectivity index (χ4n) is 4.45. The molecule has 1 aliphatic rings. The zero-order valence-corrected chi connectivity index (χ0v) is 20.7. The third kappa shape index (κ3) is 4.13. The number of nitrogens with zero attached hydrogens (tertiary/aromatic N) is 6. The van der Waals surface area contributed by atoms with Crippen LogP contribution in [0.15, 0.2) is 36.4 Å². The number of rotatable bonds is 3. The molecule has 1 saturated heterocycles. The molecule has 0 unspecified atom stereocenters. The monoisotopic (exact) mass is 480 g/mol. The number of benzene rings is 2. The van der Waals surface area contributed by atoms with Crippen molar-refractivity contribution < 1.29 is 0 Å². The molecular weight excluding hydrogens is 455 g/mol. The molecule has 4 aromatic rings. The summed E-state index contributed by atoms with van der Waals surface area (Å²) in [6.45, 7) is 11.8. The molecule has 2 aromatic heterocycles. The number of fused-ring (bicyclic) bond motifs is 1. The maximum Gasteiger partial charge on any atom is 0.197 e. The summed E-state index contributed by atoms with van der Waals surface area (Å²) >= 11 is 12.6. The van der Waals surface area contributed by atoms with Crippen LogP contribution in [0.2, 0.25) is 10.0 Å². The van der Waals surface area contributed by atoms with Gasteiger partial charge in [0, 0.05) is 37.6 Å². The van der Waals surface area contributed by atoms with Crippen molar-refractivity contribution in [1.29, 1.82) is 0 Å². The minimum absolute atomic E-state index is 0.465. The van der Waals surface area contributed by atoms with E-state index in [-0.39, 0.29) is 0 Å². The van der Waals surface area contributed by atoms with E-state index >= 15 is 0 Å². The van der Waals surface area contributed by atoms with Gasteiger partial charge in [0.05, 0.1) is 26.8 Å². The van der Waals surface area contributed by atoms with Crippen LogP contribution in [-0.4, -0.2) is 45.9 Å². The molecule has 0 saturated carbocycles. The molecule has 2 aromatic carbocycles. The van der Waals surface area contributed by atoms with Gasteiger partial charge in [0.25, 0.3) is 0 Å². The van der Waals surface area contributed by atoms with Gasteiger partial charge in [-0.3, -0.25) is 0 Å². The number of aromatic nitrogens is 4. The van der Waals surface area contributed by atoms with E-state index in [0.29, 0.717) is 21.4 Å². The summed E-state index contributed by atoms with van der Waals surface area (Å²) in [6, 6.07) is 12.2. The van der Waals surface area contributed by atoms with E-state index in [1.165, 1.54) is 16.8 Å². The minimum atomic E-state index is 0.465. The zero-order chi connectivity index (χ0) is 23.3. The Morgan fingerprint density at radius 1 is 0.727 bits per heavy atom. The Bertz CT molecular complexity index is 1360. The van der Waals surface area contributed by atoms with Crippen LogP contribution in [0.25, 0.3) is 16.9 Å². The van der Waals surface area contributed by atoms with Gasteiger partial charge >= 0.3 is 0 Å². The normalized spacial score (nSPS) is 14.4. The second-order valence-electron chi connectivity index (χ2n) is 8.73. The fraction of sp³-hybridized carbons (Fsp3) is 0.320. The van der Waals surface area contributed by atoms with Crippen LogP contribution in [0.5, 0.6) is 0 Å². The highest BCUT2D eigenvalue weighted by Crippen LogP contribution is 2.31. The number of piperazine rings is 1. The third-order valence-electron chi connectivity index (χ3n) is 6.16. The average Bonchev–Trinajstić information content (AvgIpc) is 3.13. The number of anilines is 2. The lowest BCUT2D eigenvalue weighted by Crippen LogP contribution is -2.47. The van der Waals surface area contributed by atoms with Crippen molar-refractivity contribution in [3.63, 3.8) is 0 Å². The summed E-state index contributed by atoms with van der Waals surface area (Å²) < 4.78 is 1.87. The van der Waals surface area contributed by atoms with E-state index in [1.54, 1.807) is 12.1 Å². The zero-order valence-electron chi connectivity index (χ0n) is 19.2. The Labute approximate surface area is 203 Å². The molecule has 8 heteroatoms. The van der Waals surface area contributed by atoms with Crippen molar-refractivity contribution in [2.24, 2.45) is 0 Å². The Hall–Kier alpha value is -2.83. The lowest BCUT2D eigenvalue weighted by Gasteiger charge is -2.38. The van der Waals surface area contributed by atoms with Crippen LogP contribution in [0.1, 0.15) is 22.5 Å². The van der Waals surface area contributed by atoms with E-state index in [9.17, 15) is 0 Å². The van der Waals surface area contributed by atoms with Gasteiger partial charge in [-0.15, -0.1) is 0 Å². The van der Waals surface area contributed by atoms with Crippen LogP contribution in [0, 0.1) is 27.7 Å². The molecule has 5 rings (SSSR count). The van der Waals surface area contributed by atoms with Crippen LogP contribution in [0.4, 0.5) is 11.5 Å². The molecule has 1 fully saturated rings. The standard InChI is InChI=1S/C25H26Cl2N6/c1-15-5-6-16(2)23(11-15)31-7-9-32(10-8-31)24-25(33-18(4)12-17(3)30-33)29-22-14-20(27)19(26)13-21(22)28-24/h5-6,11-14H,7-10H2,1-4H3. The summed E-state index contributed by atoms with van der Waals surface area (Å²) in [5.74, 6) is 1.53. The van der Waals surface area contributed by atoms with Gasteiger partial charge in [0.1, 0.15) is 0 Å². The average molecular weight is 481 g/mol. The maximum absolute atomic E-state index is 6.29. The summed E-state index contributed by atoms with van der Waals surface area (Å²) in [5, 5.41) is 5.63. The Balaban J connectivity index is 1.54. The second kappa shape index (κ2) is 8.50. The smallest absolute Gasteiger partial charge is 0.197 e. The Morgan fingerprint density at radius 3 is 1.94 bits per heavy atom. The maximum atomic E-state index is 6.29. The van der Waals surface area contributed by atoms with Gasteiger partial charge in [-0.25, -0.2) is 14.6 Å². The highest BCUT2D eigenvalue weighted by Gasteiger charge is 2.25. The lowest BCUT2D eigenvalue weighted by atomic mass is 10.1. The Kier molecular flexibility index (Phi) is 5.67. The van der Waals surface area contributed by atoms with Gasteiger partial charge in [-0.1, -0.05) is 35.3 Å². The summed E-state index contributed by atoms with van der Waals surface area (Å²) in [5.41, 5.74) is 7.26. The van der Waals surface area contributed by atoms with E-state index < -0.39 is 0 Å². The quantitative estimate of drug-likeness (QED) is 0.377. The molecule has 0 amide bonds. The molecular formula is C25H26Cl2N6. The highest BCUT2D eigenvalue weighted by molar-refractivity contribution is 6.42. The van der Waals surface area contributed by atoms with E-state index in [1.807, 2.05) is 24.6 Å². The molecule has 0 atom stereocenters. The topological polar surface area (TPSA) is 50.1 Å². The van der Waals surface area contributed by atoms with Gasteiger partial charge in [-0.2, -0.15) is 5.10 Å². The van der Waals surface area contributed by atoms with Crippen molar-refractivity contribution >= 4 is 45.7 Å². The molecule has 3 heterocycles. The summed E-state index contributed by atoms with van der Waals surface area (Å²) in [6.07, 6.45) is 0. The molecule has 170 valence electrons. The fourth-order valence-corrected chi connectivity index (χ4v) is 4.77. The van der Waals surface area contributed by atoms with Crippen LogP contribution < -0.4 is 9.80 Å². The number of hydrogen-bond donors (Lipinski definition) is 0. The SMILES string of the molecule is Cc1ccc(C)c(N2CCN(c3nc4cc(Cl)c(Cl)cc4nc3-n3nc(C)cc3C)CC2)c1. The molecule has 0 aliphatic carbocycles. The van der Waals surface area contributed by atoms with Gasteiger partial charge in [0.15, 0.2) is 11.6 Å². The second-order valence-corrected chi connectivity index (χ2v) is 9.54. The molecule has 6 nitrogen and oxygen atoms in total. The summed E-state index contributed by atoms with van der Waals surface area (Å²) in [4.78, 5) is 14.7. The van der Waals surface area contributed by atoms with Crippen LogP contribution in [-0.2, 0) is 0 Å². The van der Waals surface area contributed by atoms with E-state index in [4.69, 9.17) is 33.2 Å². The highest BCUT2D eigenvalue weighted by atomic mass is 35.5. The van der Waals surface area contributed by atoms with Crippen LogP contribution >= 0.6 is 23.2 Å². The van der Waals surface area contributed by atoms with E-state index in [0.717, 1.165) is 48.9 Å². The van der Waals surface area contributed by atoms with Crippen molar-refractivity contribution in [2.45, 2.75) is 27.7 Å². The largest absolute Gasteiger partial charge is 0.368 e. The van der Waals surface area contributed by atoms with Crippen molar-refractivity contribution in [2.75, 3.05) is 36.0 Å². The third-order valence-corrected chi connectivity index (χ3v) is 6.89. The van der Waals surface area contributed by atoms with E-state index in [2.05, 4.69) is 46.9 Å². The van der Waals surface area contributed by atoms with Crippen molar-refractivity contribution in [3.05, 3.63) is 69.0 Å². The van der Waals surface area contributed by atoms with Crippen molar-refractivity contribution in [3.8, 4) is 5.82 Å². The Morgan fingerprint density at radius 2 is 1.33 bits per heavy atom. The molecule has 0 N–H and O–H groups in total. The summed E-state index contributed by atoms with van der Waals surface area (Å²) in [7, 11) is 0. The van der Waals surface area contributed by atoms with Crippen molar-refractivity contribution in [1.82, 2.24) is 19.7 Å². The predicted molar refractivity (Wildman–Crippen MR) is 136 cm³/mol. The number of aryl methyl sites for hydroxylation is 4. The first kappa shape index (κ1) is 22.0. The molecule has 0 spiro atoms. The molecule has 1 aliphatic heterocycles. The first-order valence-corrected chi connectivity index (χ1v) is 11.8. The van der Waals surface area contributed by atoms with Gasteiger partial charge in [0.2, 0.25) is 0 Å². The number of halogens is 2. The molecule has 33 heavy (non-hydrogen) atoms. The lowest BCUT2D eigenvalue weighted by molar-refractivity contribution is 0.641. The molecule has 0 radical (unpaired) electrons. The minimum Gasteiger partial charge on any atom is -0.368 e. The molecule has 0 bridgehead atoms.